The third kappa shape index (κ3) is 4.94. The highest BCUT2D eigenvalue weighted by molar-refractivity contribution is 7.89. The summed E-state index contributed by atoms with van der Waals surface area (Å²) in [5, 5.41) is 3.08. The Hall–Kier alpha value is -1.62. The Labute approximate surface area is 146 Å². The van der Waals surface area contributed by atoms with Gasteiger partial charge in [-0.2, -0.15) is 0 Å². The van der Waals surface area contributed by atoms with E-state index >= 15 is 0 Å². The Balaban J connectivity index is 1.94. The van der Waals surface area contributed by atoms with E-state index in [4.69, 9.17) is 26.4 Å². The standard InChI is InChI=1S/C14H21N3O5S2/c1-20-10-5-6-13(12(8-10)21-2)24(18,19)17-16-14(23)15-9-11-4-3-7-22-11/h5-6,8,11,17H,3-4,7,9H2,1-2H3,(H2,15,16,23)/t11-/m1/s1. The fraction of sp³-hybridized carbons (Fsp3) is 0.500. The van der Waals surface area contributed by atoms with Gasteiger partial charge in [-0.15, -0.1) is 4.83 Å². The van der Waals surface area contributed by atoms with Gasteiger partial charge in [-0.3, -0.25) is 5.43 Å². The van der Waals surface area contributed by atoms with Crippen molar-refractivity contribution in [2.24, 2.45) is 0 Å². The topological polar surface area (TPSA) is 97.9 Å². The summed E-state index contributed by atoms with van der Waals surface area (Å²) in [6.07, 6.45) is 2.09. The van der Waals surface area contributed by atoms with E-state index in [2.05, 4.69) is 15.6 Å². The van der Waals surface area contributed by atoms with Crippen molar-refractivity contribution in [3.8, 4) is 11.5 Å². The largest absolute Gasteiger partial charge is 0.497 e. The summed E-state index contributed by atoms with van der Waals surface area (Å²) < 4.78 is 40.3. The average Bonchev–Trinajstić information content (AvgIpc) is 3.11. The number of hydrogen-bond donors (Lipinski definition) is 3. The van der Waals surface area contributed by atoms with Gasteiger partial charge in [-0.25, -0.2) is 8.42 Å². The summed E-state index contributed by atoms with van der Waals surface area (Å²) >= 11 is 5.05. The van der Waals surface area contributed by atoms with Crippen LogP contribution in [-0.2, 0) is 14.8 Å². The first-order valence-corrected chi connectivity index (χ1v) is 9.24. The third-order valence-electron chi connectivity index (χ3n) is 3.47. The molecule has 0 spiro atoms. The maximum Gasteiger partial charge on any atom is 0.261 e. The van der Waals surface area contributed by atoms with E-state index in [9.17, 15) is 8.42 Å². The summed E-state index contributed by atoms with van der Waals surface area (Å²) in [7, 11) is -0.990. The van der Waals surface area contributed by atoms with Crippen molar-refractivity contribution in [1.82, 2.24) is 15.6 Å². The van der Waals surface area contributed by atoms with Crippen LogP contribution in [0.5, 0.6) is 11.5 Å². The first-order chi connectivity index (χ1) is 11.5. The average molecular weight is 375 g/mol. The van der Waals surface area contributed by atoms with E-state index in [0.29, 0.717) is 12.3 Å². The molecule has 8 nitrogen and oxygen atoms in total. The van der Waals surface area contributed by atoms with Crippen molar-refractivity contribution < 1.29 is 22.6 Å². The Morgan fingerprint density at radius 3 is 2.79 bits per heavy atom. The lowest BCUT2D eigenvalue weighted by Crippen LogP contribution is -2.48. The highest BCUT2D eigenvalue weighted by Gasteiger charge is 2.21. The molecule has 1 aromatic carbocycles. The molecule has 2 rings (SSSR count). The molecule has 0 saturated carbocycles. The van der Waals surface area contributed by atoms with Gasteiger partial charge in [-0.05, 0) is 37.2 Å². The molecule has 1 aromatic rings. The number of nitrogens with one attached hydrogen (secondary N) is 3. The second-order valence-corrected chi connectivity index (χ2v) is 7.15. The van der Waals surface area contributed by atoms with Crippen LogP contribution in [-0.4, -0.2) is 47.0 Å². The smallest absolute Gasteiger partial charge is 0.261 e. The van der Waals surface area contributed by atoms with Gasteiger partial charge >= 0.3 is 0 Å². The molecule has 1 saturated heterocycles. The quantitative estimate of drug-likeness (QED) is 0.469. The van der Waals surface area contributed by atoms with E-state index < -0.39 is 10.0 Å². The van der Waals surface area contributed by atoms with Gasteiger partial charge in [-0.1, -0.05) is 0 Å². The molecule has 0 aliphatic carbocycles. The van der Waals surface area contributed by atoms with Crippen molar-refractivity contribution in [3.05, 3.63) is 18.2 Å². The van der Waals surface area contributed by atoms with Crippen molar-refractivity contribution in [3.63, 3.8) is 0 Å². The maximum atomic E-state index is 12.4. The minimum absolute atomic E-state index is 0.0276. The summed E-state index contributed by atoms with van der Waals surface area (Å²) in [6, 6.07) is 4.41. The van der Waals surface area contributed by atoms with Crippen molar-refractivity contribution in [2.45, 2.75) is 23.8 Å². The molecule has 3 N–H and O–H groups in total. The van der Waals surface area contributed by atoms with Crippen LogP contribution < -0.4 is 25.0 Å². The zero-order valence-electron chi connectivity index (χ0n) is 13.5. The lowest BCUT2D eigenvalue weighted by atomic mass is 10.2. The number of rotatable bonds is 7. The van der Waals surface area contributed by atoms with E-state index in [-0.39, 0.29) is 21.9 Å². The number of sulfonamides is 1. The summed E-state index contributed by atoms with van der Waals surface area (Å²) in [5.41, 5.74) is 2.47. The zero-order chi connectivity index (χ0) is 17.6. The molecule has 0 aromatic heterocycles. The number of hydrogen-bond acceptors (Lipinski definition) is 6. The van der Waals surface area contributed by atoms with Crippen LogP contribution in [0.4, 0.5) is 0 Å². The third-order valence-corrected chi connectivity index (χ3v) is 5.01. The van der Waals surface area contributed by atoms with E-state index in [1.165, 1.54) is 32.4 Å². The summed E-state index contributed by atoms with van der Waals surface area (Å²) in [4.78, 5) is 2.19. The van der Waals surface area contributed by atoms with Gasteiger partial charge in [0.25, 0.3) is 10.0 Å². The maximum absolute atomic E-state index is 12.4. The van der Waals surface area contributed by atoms with Crippen molar-refractivity contribution in [2.75, 3.05) is 27.4 Å². The molecule has 134 valence electrons. The summed E-state index contributed by atoms with van der Waals surface area (Å²) in [6.45, 7) is 1.27. The molecule has 1 aliphatic rings. The van der Waals surface area contributed by atoms with Crippen LogP contribution in [0.2, 0.25) is 0 Å². The molecule has 24 heavy (non-hydrogen) atoms. The molecular formula is C14H21N3O5S2. The minimum Gasteiger partial charge on any atom is -0.497 e. The molecule has 1 atom stereocenters. The second-order valence-electron chi connectivity index (χ2n) is 5.09. The van der Waals surface area contributed by atoms with Gasteiger partial charge in [0, 0.05) is 19.2 Å². The molecular weight excluding hydrogens is 354 g/mol. The Morgan fingerprint density at radius 2 is 2.17 bits per heavy atom. The fourth-order valence-corrected chi connectivity index (χ4v) is 3.42. The van der Waals surface area contributed by atoms with Crippen LogP contribution >= 0.6 is 12.2 Å². The Morgan fingerprint density at radius 1 is 1.38 bits per heavy atom. The van der Waals surface area contributed by atoms with Gasteiger partial charge < -0.3 is 19.5 Å². The molecule has 0 unspecified atom stereocenters. The van der Waals surface area contributed by atoms with E-state index in [0.717, 1.165) is 19.4 Å². The highest BCUT2D eigenvalue weighted by Crippen LogP contribution is 2.27. The van der Waals surface area contributed by atoms with Gasteiger partial charge in [0.05, 0.1) is 20.3 Å². The number of benzene rings is 1. The van der Waals surface area contributed by atoms with Gasteiger partial charge in [0.1, 0.15) is 16.4 Å². The van der Waals surface area contributed by atoms with Crippen molar-refractivity contribution >= 4 is 27.4 Å². The van der Waals surface area contributed by atoms with Gasteiger partial charge in [0.2, 0.25) is 0 Å². The van der Waals surface area contributed by atoms with E-state index in [1.54, 1.807) is 0 Å². The monoisotopic (exact) mass is 375 g/mol. The lowest BCUT2D eigenvalue weighted by molar-refractivity contribution is 0.114. The minimum atomic E-state index is -3.86. The second kappa shape index (κ2) is 8.47. The summed E-state index contributed by atoms with van der Waals surface area (Å²) in [5.74, 6) is 0.661. The van der Waals surface area contributed by atoms with Crippen LogP contribution in [0.15, 0.2) is 23.1 Å². The predicted octanol–water partition coefficient (Wildman–Crippen LogP) is 0.540. The molecule has 1 fully saturated rings. The first-order valence-electron chi connectivity index (χ1n) is 7.35. The SMILES string of the molecule is COc1ccc(S(=O)(=O)NNC(=S)NC[C@H]2CCCO2)c(OC)c1. The molecule has 0 bridgehead atoms. The number of ether oxygens (including phenoxy) is 3. The van der Waals surface area contributed by atoms with Crippen LogP contribution in [0.25, 0.3) is 0 Å². The molecule has 1 aliphatic heterocycles. The molecule has 0 radical (unpaired) electrons. The fourth-order valence-electron chi connectivity index (χ4n) is 2.22. The van der Waals surface area contributed by atoms with E-state index in [1.807, 2.05) is 0 Å². The Kier molecular flexibility index (Phi) is 6.60. The first kappa shape index (κ1) is 18.7. The van der Waals surface area contributed by atoms with Crippen LogP contribution in [0.1, 0.15) is 12.8 Å². The van der Waals surface area contributed by atoms with Gasteiger partial charge in [0.15, 0.2) is 5.11 Å². The van der Waals surface area contributed by atoms with Crippen molar-refractivity contribution in [1.29, 1.82) is 0 Å². The normalized spacial score (nSPS) is 17.3. The molecule has 0 amide bonds. The number of hydrazine groups is 1. The highest BCUT2D eigenvalue weighted by atomic mass is 32.2. The Bertz CT molecular complexity index is 675. The number of thiocarbonyl (C=S) groups is 1. The van der Waals surface area contributed by atoms with Crippen LogP contribution in [0.3, 0.4) is 0 Å². The number of methoxy groups -OCH3 is 2. The lowest BCUT2D eigenvalue weighted by Gasteiger charge is -2.16. The van der Waals surface area contributed by atoms with Crippen LogP contribution in [0, 0.1) is 0 Å². The predicted molar refractivity (Wildman–Crippen MR) is 92.6 cm³/mol. The molecule has 10 heteroatoms. The molecule has 1 heterocycles. The zero-order valence-corrected chi connectivity index (χ0v) is 15.1.